The Labute approximate surface area is 193 Å². The van der Waals surface area contributed by atoms with Crippen LogP contribution in [0, 0.1) is 0 Å². The predicted octanol–water partition coefficient (Wildman–Crippen LogP) is 5.84. The molecule has 1 aliphatic rings. The molecule has 0 radical (unpaired) electrons. The zero-order chi connectivity index (χ0) is 19.3. The van der Waals surface area contributed by atoms with Crippen molar-refractivity contribution >= 4 is 36.0 Å². The smallest absolute Gasteiger partial charge is 0.0488 e. The molecule has 0 saturated carbocycles. The number of benzene rings is 1. The van der Waals surface area contributed by atoms with E-state index in [0.29, 0.717) is 0 Å². The summed E-state index contributed by atoms with van der Waals surface area (Å²) in [5, 5.41) is 3.69. The van der Waals surface area contributed by atoms with Crippen LogP contribution in [0.2, 0.25) is 0 Å². The Kier molecular flexibility index (Phi) is 9.54. The summed E-state index contributed by atoms with van der Waals surface area (Å²) in [6.07, 6.45) is 8.50. The van der Waals surface area contributed by atoms with Crippen molar-refractivity contribution in [3.8, 4) is 0 Å². The normalized spacial score (nSPS) is 12.7. The Morgan fingerprint density at radius 1 is 0.967 bits per heavy atom. The summed E-state index contributed by atoms with van der Waals surface area (Å²) in [6, 6.07) is 15.6. The van der Waals surface area contributed by atoms with Crippen molar-refractivity contribution in [3.05, 3.63) is 71.0 Å². The van der Waals surface area contributed by atoms with E-state index in [-0.39, 0.29) is 24.8 Å². The summed E-state index contributed by atoms with van der Waals surface area (Å²) in [5.74, 6) is 0. The van der Waals surface area contributed by atoms with E-state index >= 15 is 0 Å². The molecule has 2 heterocycles. The van der Waals surface area contributed by atoms with Crippen LogP contribution in [-0.4, -0.2) is 24.0 Å². The molecule has 3 aromatic rings. The minimum absolute atomic E-state index is 0. The third-order valence-corrected chi connectivity index (χ3v) is 6.18. The third kappa shape index (κ3) is 5.14. The van der Waals surface area contributed by atoms with E-state index in [0.717, 1.165) is 32.6 Å². The molecule has 0 bridgehead atoms. The van der Waals surface area contributed by atoms with Gasteiger partial charge >= 0.3 is 0 Å². The van der Waals surface area contributed by atoms with Crippen LogP contribution in [0.1, 0.15) is 49.1 Å². The third-order valence-electron chi connectivity index (χ3n) is 6.18. The highest BCUT2D eigenvalue weighted by Crippen LogP contribution is 2.30. The number of nitrogens with one attached hydrogen (secondary N) is 1. The molecule has 0 unspecified atom stereocenters. The number of rotatable bonds is 8. The van der Waals surface area contributed by atoms with Crippen LogP contribution < -0.4 is 10.2 Å². The second-order valence-electron chi connectivity index (χ2n) is 7.84. The fourth-order valence-corrected chi connectivity index (χ4v) is 4.74. The summed E-state index contributed by atoms with van der Waals surface area (Å²) in [5.41, 5.74) is 8.87. The molecule has 30 heavy (non-hydrogen) atoms. The number of anilines is 1. The van der Waals surface area contributed by atoms with Crippen molar-refractivity contribution in [1.82, 2.24) is 9.72 Å². The fraction of sp³-hybridized carbons (Fsp3) is 0.440. The predicted molar refractivity (Wildman–Crippen MR) is 134 cm³/mol. The second kappa shape index (κ2) is 11.6. The number of hydrogen-bond donors (Lipinski definition) is 1. The number of pyridine rings is 1. The van der Waals surface area contributed by atoms with Gasteiger partial charge < -0.3 is 14.6 Å². The van der Waals surface area contributed by atoms with E-state index in [1.807, 2.05) is 0 Å². The zero-order valence-corrected chi connectivity index (χ0v) is 19.8. The van der Waals surface area contributed by atoms with Crippen LogP contribution in [0.25, 0.3) is 5.52 Å². The maximum atomic E-state index is 3.69. The minimum Gasteiger partial charge on any atom is -0.372 e. The summed E-state index contributed by atoms with van der Waals surface area (Å²) < 4.78 is 2.44. The van der Waals surface area contributed by atoms with Gasteiger partial charge in [0.2, 0.25) is 0 Å². The molecule has 0 atom stereocenters. The molecule has 5 heteroatoms. The first-order valence-corrected chi connectivity index (χ1v) is 11.0. The number of nitrogens with zero attached hydrogens (tertiary/aromatic N) is 2. The van der Waals surface area contributed by atoms with Crippen LogP contribution in [0.4, 0.5) is 5.69 Å². The van der Waals surface area contributed by atoms with Crippen LogP contribution >= 0.6 is 24.8 Å². The van der Waals surface area contributed by atoms with Crippen molar-refractivity contribution in [2.45, 2.75) is 52.5 Å². The highest BCUT2D eigenvalue weighted by atomic mass is 35.5. The van der Waals surface area contributed by atoms with Crippen molar-refractivity contribution in [3.63, 3.8) is 0 Å². The Bertz CT molecular complexity index is 931. The highest BCUT2D eigenvalue weighted by Gasteiger charge is 2.19. The first-order valence-electron chi connectivity index (χ1n) is 11.0. The molecule has 164 valence electrons. The average molecular weight is 448 g/mol. The van der Waals surface area contributed by atoms with Gasteiger partial charge in [-0.1, -0.05) is 18.2 Å². The quantitative estimate of drug-likeness (QED) is 0.437. The number of halogens is 2. The van der Waals surface area contributed by atoms with E-state index in [2.05, 4.69) is 77.1 Å². The van der Waals surface area contributed by atoms with Crippen LogP contribution in [-0.2, 0) is 25.8 Å². The van der Waals surface area contributed by atoms with Gasteiger partial charge in [0.05, 0.1) is 0 Å². The molecule has 0 saturated heterocycles. The van der Waals surface area contributed by atoms with Crippen LogP contribution in [0.5, 0.6) is 0 Å². The SMILES string of the molecule is CCN(CC)c1cccc(CNCCc2c3c(n4ccccc24)CCCC3)c1.Cl.Cl. The fourth-order valence-electron chi connectivity index (χ4n) is 4.74. The topological polar surface area (TPSA) is 19.7 Å². The molecule has 1 aromatic carbocycles. The zero-order valence-electron chi connectivity index (χ0n) is 18.2. The monoisotopic (exact) mass is 447 g/mol. The molecule has 2 aromatic heterocycles. The van der Waals surface area contributed by atoms with Gasteiger partial charge in [0, 0.05) is 42.7 Å². The van der Waals surface area contributed by atoms with Crippen molar-refractivity contribution in [2.24, 2.45) is 0 Å². The molecule has 0 spiro atoms. The Morgan fingerprint density at radius 2 is 1.77 bits per heavy atom. The molecular formula is C25H35Cl2N3. The number of aromatic nitrogens is 1. The van der Waals surface area contributed by atoms with Crippen molar-refractivity contribution in [1.29, 1.82) is 0 Å². The number of hydrogen-bond acceptors (Lipinski definition) is 2. The second-order valence-corrected chi connectivity index (χ2v) is 7.84. The van der Waals surface area contributed by atoms with Gasteiger partial charge in [0.15, 0.2) is 0 Å². The Balaban J connectivity index is 0.00000160. The molecule has 1 N–H and O–H groups in total. The lowest BCUT2D eigenvalue weighted by Crippen LogP contribution is -2.22. The molecule has 0 fully saturated rings. The Morgan fingerprint density at radius 3 is 2.57 bits per heavy atom. The van der Waals surface area contributed by atoms with Gasteiger partial charge in [-0.3, -0.25) is 0 Å². The number of fused-ring (bicyclic) bond motifs is 3. The van der Waals surface area contributed by atoms with Gasteiger partial charge in [-0.25, -0.2) is 0 Å². The lowest BCUT2D eigenvalue weighted by Gasteiger charge is -2.21. The van der Waals surface area contributed by atoms with E-state index < -0.39 is 0 Å². The van der Waals surface area contributed by atoms with Gasteiger partial charge in [-0.15, -0.1) is 24.8 Å². The van der Waals surface area contributed by atoms with Crippen molar-refractivity contribution < 1.29 is 0 Å². The average Bonchev–Trinajstić information content (AvgIpc) is 3.06. The van der Waals surface area contributed by atoms with E-state index in [9.17, 15) is 0 Å². The lowest BCUT2D eigenvalue weighted by atomic mass is 9.93. The first kappa shape index (κ1) is 24.6. The largest absolute Gasteiger partial charge is 0.372 e. The van der Waals surface area contributed by atoms with Gasteiger partial charge in [0.1, 0.15) is 0 Å². The van der Waals surface area contributed by atoms with E-state index in [1.165, 1.54) is 42.5 Å². The molecule has 0 amide bonds. The standard InChI is InChI=1S/C25H33N3.2ClH/c1-3-27(4-2)21-11-9-10-20(18-21)19-26-16-15-23-22-12-5-6-13-24(22)28-17-8-7-14-25(23)28;;/h7-11,14,17-18,26H,3-6,12-13,15-16,19H2,1-2H3;2*1H. The maximum Gasteiger partial charge on any atom is 0.0488 e. The molecule has 0 aliphatic heterocycles. The first-order chi connectivity index (χ1) is 13.8. The van der Waals surface area contributed by atoms with Crippen LogP contribution in [0.15, 0.2) is 48.7 Å². The molecule has 1 aliphatic carbocycles. The lowest BCUT2D eigenvalue weighted by molar-refractivity contribution is 0.656. The molecule has 4 rings (SSSR count). The molecule has 3 nitrogen and oxygen atoms in total. The van der Waals surface area contributed by atoms with Gasteiger partial charge in [0.25, 0.3) is 0 Å². The van der Waals surface area contributed by atoms with Crippen molar-refractivity contribution in [2.75, 3.05) is 24.5 Å². The van der Waals surface area contributed by atoms with E-state index in [1.54, 1.807) is 16.8 Å². The summed E-state index contributed by atoms with van der Waals surface area (Å²) in [7, 11) is 0. The number of aryl methyl sites for hydroxylation is 1. The van der Waals surface area contributed by atoms with Gasteiger partial charge in [-0.2, -0.15) is 0 Å². The maximum absolute atomic E-state index is 3.69. The highest BCUT2D eigenvalue weighted by molar-refractivity contribution is 5.85. The summed E-state index contributed by atoms with van der Waals surface area (Å²) in [6.45, 7) is 8.51. The summed E-state index contributed by atoms with van der Waals surface area (Å²) in [4.78, 5) is 2.41. The summed E-state index contributed by atoms with van der Waals surface area (Å²) >= 11 is 0. The molecular weight excluding hydrogens is 413 g/mol. The van der Waals surface area contributed by atoms with E-state index in [4.69, 9.17) is 0 Å². The van der Waals surface area contributed by atoms with Crippen LogP contribution in [0.3, 0.4) is 0 Å². The van der Waals surface area contributed by atoms with Gasteiger partial charge in [-0.05, 0) is 93.5 Å². The minimum atomic E-state index is 0. The Hall–Kier alpha value is -1.68.